The molecule has 0 atom stereocenters. The van der Waals surface area contributed by atoms with E-state index in [9.17, 15) is 4.79 Å². The monoisotopic (exact) mass is 358 g/mol. The summed E-state index contributed by atoms with van der Waals surface area (Å²) in [5, 5.41) is 4.17. The van der Waals surface area contributed by atoms with Gasteiger partial charge in [0, 0.05) is 4.47 Å². The molecule has 22 heavy (non-hydrogen) atoms. The summed E-state index contributed by atoms with van der Waals surface area (Å²) in [7, 11) is 0. The van der Waals surface area contributed by atoms with Gasteiger partial charge in [-0.25, -0.2) is 5.43 Å². The number of halogens is 1. The molecule has 0 fully saturated rings. The van der Waals surface area contributed by atoms with E-state index in [2.05, 4.69) is 32.5 Å². The smallest absolute Gasteiger partial charge is 0.244 e. The molecule has 2 aromatic carbocycles. The number of carbonyl (C=O) groups excluding carboxylic acids is 1. The average Bonchev–Trinajstić information content (AvgIpc) is 2.48. The van der Waals surface area contributed by atoms with Gasteiger partial charge in [-0.05, 0) is 49.6 Å². The van der Waals surface area contributed by atoms with Gasteiger partial charge in [0.2, 0.25) is 5.91 Å². The highest BCUT2D eigenvalue weighted by molar-refractivity contribution is 9.10. The lowest BCUT2D eigenvalue weighted by Crippen LogP contribution is -2.21. The molecule has 4 heteroatoms. The molecule has 0 aliphatic heterocycles. The number of amides is 1. The van der Waals surface area contributed by atoms with Gasteiger partial charge in [0.15, 0.2) is 0 Å². The van der Waals surface area contributed by atoms with Gasteiger partial charge in [-0.1, -0.05) is 51.8 Å². The van der Waals surface area contributed by atoms with E-state index in [1.54, 1.807) is 0 Å². The summed E-state index contributed by atoms with van der Waals surface area (Å²) in [6.07, 6.45) is 0.337. The van der Waals surface area contributed by atoms with Crippen molar-refractivity contribution in [3.8, 4) is 0 Å². The standard InChI is InChI=1S/C18H19BrN2O/c1-12-4-5-16(13(2)10-12)11-18(22)21-20-14(3)15-6-8-17(19)9-7-15/h4-10H,11H2,1-3H3,(H,21,22)/b20-14-. The number of aryl methyl sites for hydroxylation is 2. The number of hydrogen-bond acceptors (Lipinski definition) is 2. The number of hydrogen-bond donors (Lipinski definition) is 1. The van der Waals surface area contributed by atoms with Crippen LogP contribution < -0.4 is 5.43 Å². The van der Waals surface area contributed by atoms with Crippen LogP contribution in [-0.2, 0) is 11.2 Å². The molecular weight excluding hydrogens is 340 g/mol. The minimum absolute atomic E-state index is 0.108. The van der Waals surface area contributed by atoms with Crippen molar-refractivity contribution in [1.29, 1.82) is 0 Å². The van der Waals surface area contributed by atoms with Crippen LogP contribution in [0.4, 0.5) is 0 Å². The molecule has 2 aromatic rings. The van der Waals surface area contributed by atoms with Crippen molar-refractivity contribution in [3.63, 3.8) is 0 Å². The van der Waals surface area contributed by atoms with E-state index >= 15 is 0 Å². The predicted octanol–water partition coefficient (Wildman–Crippen LogP) is 4.15. The summed E-state index contributed by atoms with van der Waals surface area (Å²) in [5.74, 6) is -0.108. The normalized spacial score (nSPS) is 11.4. The minimum Gasteiger partial charge on any atom is -0.273 e. The van der Waals surface area contributed by atoms with Gasteiger partial charge in [0.1, 0.15) is 0 Å². The Morgan fingerprint density at radius 3 is 2.45 bits per heavy atom. The second-order valence-electron chi connectivity index (χ2n) is 5.35. The second-order valence-corrected chi connectivity index (χ2v) is 6.26. The Hall–Kier alpha value is -1.94. The molecule has 0 heterocycles. The minimum atomic E-state index is -0.108. The lowest BCUT2D eigenvalue weighted by Gasteiger charge is -2.07. The van der Waals surface area contributed by atoms with Crippen molar-refractivity contribution in [2.45, 2.75) is 27.2 Å². The molecule has 0 aliphatic carbocycles. The quantitative estimate of drug-likeness (QED) is 0.647. The number of nitrogens with one attached hydrogen (secondary N) is 1. The molecule has 0 bridgehead atoms. The maximum atomic E-state index is 12.0. The fourth-order valence-corrected chi connectivity index (χ4v) is 2.42. The molecule has 1 N–H and O–H groups in total. The van der Waals surface area contributed by atoms with Crippen molar-refractivity contribution < 1.29 is 4.79 Å². The fraction of sp³-hybridized carbons (Fsp3) is 0.222. The van der Waals surface area contributed by atoms with Gasteiger partial charge in [-0.3, -0.25) is 4.79 Å². The first kappa shape index (κ1) is 16.4. The van der Waals surface area contributed by atoms with E-state index < -0.39 is 0 Å². The van der Waals surface area contributed by atoms with Crippen LogP contribution in [0.25, 0.3) is 0 Å². The highest BCUT2D eigenvalue weighted by Crippen LogP contribution is 2.12. The maximum absolute atomic E-state index is 12.0. The molecular formula is C18H19BrN2O. The predicted molar refractivity (Wildman–Crippen MR) is 94.1 cm³/mol. The van der Waals surface area contributed by atoms with Crippen LogP contribution in [0.5, 0.6) is 0 Å². The molecule has 1 amide bonds. The third kappa shape index (κ3) is 4.53. The first-order valence-corrected chi connectivity index (χ1v) is 7.90. The summed E-state index contributed by atoms with van der Waals surface area (Å²) in [6, 6.07) is 13.9. The maximum Gasteiger partial charge on any atom is 0.244 e. The molecule has 0 aromatic heterocycles. The van der Waals surface area contributed by atoms with Gasteiger partial charge in [-0.2, -0.15) is 5.10 Å². The Morgan fingerprint density at radius 1 is 1.14 bits per heavy atom. The summed E-state index contributed by atoms with van der Waals surface area (Å²) in [5.41, 5.74) is 7.74. The van der Waals surface area contributed by atoms with Gasteiger partial charge in [-0.15, -0.1) is 0 Å². The van der Waals surface area contributed by atoms with Gasteiger partial charge >= 0.3 is 0 Å². The van der Waals surface area contributed by atoms with E-state index in [0.29, 0.717) is 6.42 Å². The Labute approximate surface area is 139 Å². The van der Waals surface area contributed by atoms with Crippen LogP contribution >= 0.6 is 15.9 Å². The van der Waals surface area contributed by atoms with E-state index in [0.717, 1.165) is 26.9 Å². The van der Waals surface area contributed by atoms with Crippen molar-refractivity contribution in [2.75, 3.05) is 0 Å². The molecule has 0 radical (unpaired) electrons. The van der Waals surface area contributed by atoms with Crippen LogP contribution in [0.1, 0.15) is 29.2 Å². The lowest BCUT2D eigenvalue weighted by molar-refractivity contribution is -0.120. The number of nitrogens with zero attached hydrogens (tertiary/aromatic N) is 1. The molecule has 0 unspecified atom stereocenters. The Morgan fingerprint density at radius 2 is 1.82 bits per heavy atom. The zero-order chi connectivity index (χ0) is 16.1. The van der Waals surface area contributed by atoms with E-state index in [4.69, 9.17) is 0 Å². The molecule has 0 spiro atoms. The van der Waals surface area contributed by atoms with Gasteiger partial charge in [0.25, 0.3) is 0 Å². The SMILES string of the molecule is C/C(=N/NC(=O)Cc1ccc(C)cc1C)c1ccc(Br)cc1. The molecule has 3 nitrogen and oxygen atoms in total. The molecule has 0 saturated carbocycles. The summed E-state index contributed by atoms with van der Waals surface area (Å²) >= 11 is 3.40. The van der Waals surface area contributed by atoms with Crippen LogP contribution in [0.15, 0.2) is 52.0 Å². The average molecular weight is 359 g/mol. The van der Waals surface area contributed by atoms with E-state index in [1.165, 1.54) is 5.56 Å². The van der Waals surface area contributed by atoms with Gasteiger partial charge in [0.05, 0.1) is 12.1 Å². The third-order valence-corrected chi connectivity index (χ3v) is 3.99. The zero-order valence-corrected chi connectivity index (χ0v) is 14.6. The second kappa shape index (κ2) is 7.36. The first-order valence-electron chi connectivity index (χ1n) is 7.11. The van der Waals surface area contributed by atoms with Crippen molar-refractivity contribution in [2.24, 2.45) is 5.10 Å². The summed E-state index contributed by atoms with van der Waals surface area (Å²) < 4.78 is 1.02. The topological polar surface area (TPSA) is 41.5 Å². The molecule has 0 saturated heterocycles. The number of benzene rings is 2. The zero-order valence-electron chi connectivity index (χ0n) is 13.0. The highest BCUT2D eigenvalue weighted by atomic mass is 79.9. The number of rotatable bonds is 4. The lowest BCUT2D eigenvalue weighted by atomic mass is 10.0. The summed E-state index contributed by atoms with van der Waals surface area (Å²) in [6.45, 7) is 5.94. The highest BCUT2D eigenvalue weighted by Gasteiger charge is 2.06. The molecule has 0 aliphatic rings. The van der Waals surface area contributed by atoms with Crippen molar-refractivity contribution in [3.05, 3.63) is 69.2 Å². The first-order chi connectivity index (χ1) is 10.5. The van der Waals surface area contributed by atoms with Gasteiger partial charge < -0.3 is 0 Å². The number of carbonyl (C=O) groups is 1. The van der Waals surface area contributed by atoms with E-state index in [-0.39, 0.29) is 5.91 Å². The van der Waals surface area contributed by atoms with Crippen LogP contribution in [-0.4, -0.2) is 11.6 Å². The van der Waals surface area contributed by atoms with Crippen molar-refractivity contribution >= 4 is 27.5 Å². The van der Waals surface area contributed by atoms with Crippen LogP contribution in [0, 0.1) is 13.8 Å². The van der Waals surface area contributed by atoms with E-state index in [1.807, 2.05) is 57.2 Å². The Bertz CT molecular complexity index is 706. The molecule has 114 valence electrons. The van der Waals surface area contributed by atoms with Crippen LogP contribution in [0.3, 0.4) is 0 Å². The Balaban J connectivity index is 1.99. The Kier molecular flexibility index (Phi) is 5.50. The van der Waals surface area contributed by atoms with Crippen molar-refractivity contribution in [1.82, 2.24) is 5.43 Å². The number of hydrazone groups is 1. The van der Waals surface area contributed by atoms with Crippen LogP contribution in [0.2, 0.25) is 0 Å². The third-order valence-electron chi connectivity index (χ3n) is 3.46. The largest absolute Gasteiger partial charge is 0.273 e. The molecule has 2 rings (SSSR count). The summed E-state index contributed by atoms with van der Waals surface area (Å²) in [4.78, 5) is 12.0. The fourth-order valence-electron chi connectivity index (χ4n) is 2.16.